The first-order chi connectivity index (χ1) is 14.0. The van der Waals surface area contributed by atoms with Crippen LogP contribution in [0.3, 0.4) is 0 Å². The lowest BCUT2D eigenvalue weighted by molar-refractivity contribution is -0.119. The Morgan fingerprint density at radius 3 is 2.76 bits per heavy atom. The van der Waals surface area contributed by atoms with Crippen molar-refractivity contribution in [2.45, 2.75) is 57.1 Å². The Hall–Kier alpha value is -2.12. The number of thiophene rings is 1. The molecule has 7 heteroatoms. The van der Waals surface area contributed by atoms with E-state index in [1.54, 1.807) is 4.57 Å². The number of fused-ring (bicyclic) bond motifs is 1. The maximum atomic E-state index is 13.2. The maximum absolute atomic E-state index is 13.2. The van der Waals surface area contributed by atoms with Crippen LogP contribution in [0.25, 0.3) is 15.9 Å². The van der Waals surface area contributed by atoms with Gasteiger partial charge in [0.2, 0.25) is 5.91 Å². The maximum Gasteiger partial charge on any atom is 0.276 e. The second-order valence-corrected chi connectivity index (χ2v) is 9.49. The molecule has 0 bridgehead atoms. The van der Waals surface area contributed by atoms with Crippen LogP contribution in [-0.2, 0) is 4.79 Å². The predicted octanol–water partition coefficient (Wildman–Crippen LogP) is 4.61. The Labute approximate surface area is 178 Å². The number of rotatable bonds is 5. The van der Waals surface area contributed by atoms with E-state index < -0.39 is 0 Å². The molecule has 1 saturated carbocycles. The first-order valence-electron chi connectivity index (χ1n) is 10.0. The van der Waals surface area contributed by atoms with Crippen LogP contribution >= 0.6 is 23.1 Å². The van der Waals surface area contributed by atoms with Crippen molar-refractivity contribution < 1.29 is 4.79 Å². The molecular formula is C22H25N3O2S2. The molecule has 152 valence electrons. The predicted molar refractivity (Wildman–Crippen MR) is 120 cm³/mol. The van der Waals surface area contributed by atoms with E-state index in [1.165, 1.54) is 47.9 Å². The average Bonchev–Trinajstić information content (AvgIpc) is 3.18. The molecule has 3 aromatic rings. The number of aryl methyl sites for hydroxylation is 2. The molecule has 0 radical (unpaired) electrons. The molecule has 5 nitrogen and oxygen atoms in total. The smallest absolute Gasteiger partial charge is 0.276 e. The van der Waals surface area contributed by atoms with Crippen LogP contribution < -0.4 is 10.9 Å². The van der Waals surface area contributed by atoms with Crippen molar-refractivity contribution >= 4 is 39.2 Å². The summed E-state index contributed by atoms with van der Waals surface area (Å²) in [6.45, 7) is 4.08. The quantitative estimate of drug-likeness (QED) is 0.477. The molecular weight excluding hydrogens is 402 g/mol. The van der Waals surface area contributed by atoms with Crippen molar-refractivity contribution in [1.82, 2.24) is 14.9 Å². The van der Waals surface area contributed by atoms with Gasteiger partial charge in [-0.25, -0.2) is 4.98 Å². The minimum Gasteiger partial charge on any atom is -0.353 e. The van der Waals surface area contributed by atoms with Gasteiger partial charge in [0, 0.05) is 6.04 Å². The molecule has 29 heavy (non-hydrogen) atoms. The van der Waals surface area contributed by atoms with Crippen LogP contribution in [0.4, 0.5) is 0 Å². The number of hydrogen-bond donors (Lipinski definition) is 1. The fraction of sp³-hybridized carbons (Fsp3) is 0.409. The highest BCUT2D eigenvalue weighted by molar-refractivity contribution is 7.99. The molecule has 1 aromatic carbocycles. The monoisotopic (exact) mass is 427 g/mol. The minimum absolute atomic E-state index is 0.00759. The van der Waals surface area contributed by atoms with Gasteiger partial charge in [-0.1, -0.05) is 37.1 Å². The second kappa shape index (κ2) is 8.71. The van der Waals surface area contributed by atoms with Gasteiger partial charge >= 0.3 is 0 Å². The molecule has 1 amide bonds. The third-order valence-electron chi connectivity index (χ3n) is 5.50. The van der Waals surface area contributed by atoms with Gasteiger partial charge in [0.1, 0.15) is 4.70 Å². The fourth-order valence-corrected chi connectivity index (χ4v) is 5.31. The number of thioether (sulfide) groups is 1. The SMILES string of the molecule is Cc1ccc(-n2c(SCC(=O)NC3CCCCC3)nc3ccsc3c2=O)cc1C. The van der Waals surface area contributed by atoms with Crippen LogP contribution in [0.1, 0.15) is 43.2 Å². The zero-order valence-electron chi connectivity index (χ0n) is 16.7. The molecule has 1 aliphatic rings. The van der Waals surface area contributed by atoms with Crippen molar-refractivity contribution in [3.8, 4) is 5.69 Å². The summed E-state index contributed by atoms with van der Waals surface area (Å²) in [5.74, 6) is 0.261. The number of benzene rings is 1. The number of carbonyl (C=O) groups is 1. The van der Waals surface area contributed by atoms with Crippen molar-refractivity contribution in [3.05, 3.63) is 51.1 Å². The molecule has 2 aromatic heterocycles. The first kappa shape index (κ1) is 20.2. The molecule has 1 aliphatic carbocycles. The summed E-state index contributed by atoms with van der Waals surface area (Å²) in [5, 5.41) is 5.58. The summed E-state index contributed by atoms with van der Waals surface area (Å²) >= 11 is 2.73. The van der Waals surface area contributed by atoms with Crippen molar-refractivity contribution in [2.75, 3.05) is 5.75 Å². The molecule has 1 N–H and O–H groups in total. The molecule has 0 saturated heterocycles. The largest absolute Gasteiger partial charge is 0.353 e. The Morgan fingerprint density at radius 1 is 1.21 bits per heavy atom. The summed E-state index contributed by atoms with van der Waals surface area (Å²) in [6.07, 6.45) is 5.74. The topological polar surface area (TPSA) is 64.0 Å². The molecule has 0 aliphatic heterocycles. The van der Waals surface area contributed by atoms with Gasteiger partial charge in [0.15, 0.2) is 5.16 Å². The van der Waals surface area contributed by atoms with Crippen LogP contribution in [0.5, 0.6) is 0 Å². The molecule has 0 atom stereocenters. The highest BCUT2D eigenvalue weighted by Gasteiger charge is 2.18. The third kappa shape index (κ3) is 4.41. The lowest BCUT2D eigenvalue weighted by Gasteiger charge is -2.22. The van der Waals surface area contributed by atoms with E-state index in [0.717, 1.165) is 24.1 Å². The Bertz CT molecular complexity index is 1100. The summed E-state index contributed by atoms with van der Waals surface area (Å²) < 4.78 is 2.28. The summed E-state index contributed by atoms with van der Waals surface area (Å²) in [7, 11) is 0. The molecule has 0 spiro atoms. The number of carbonyl (C=O) groups excluding carboxylic acids is 1. The van der Waals surface area contributed by atoms with Gasteiger partial charge < -0.3 is 5.32 Å². The summed E-state index contributed by atoms with van der Waals surface area (Å²) in [5.41, 5.74) is 3.69. The van der Waals surface area contributed by atoms with Crippen LogP contribution in [0.15, 0.2) is 39.6 Å². The number of hydrogen-bond acceptors (Lipinski definition) is 5. The number of nitrogens with one attached hydrogen (secondary N) is 1. The average molecular weight is 428 g/mol. The third-order valence-corrected chi connectivity index (χ3v) is 7.33. The minimum atomic E-state index is -0.0801. The standard InChI is InChI=1S/C22H25N3O2S2/c1-14-8-9-17(12-15(14)2)25-21(27)20-18(10-11-28-20)24-22(25)29-13-19(26)23-16-6-4-3-5-7-16/h8-12,16H,3-7,13H2,1-2H3,(H,23,26). The van der Waals surface area contributed by atoms with Crippen molar-refractivity contribution in [3.63, 3.8) is 0 Å². The molecule has 2 heterocycles. The van der Waals surface area contributed by atoms with Gasteiger partial charge in [-0.2, -0.15) is 0 Å². The Morgan fingerprint density at radius 2 is 2.00 bits per heavy atom. The molecule has 1 fully saturated rings. The van der Waals surface area contributed by atoms with E-state index >= 15 is 0 Å². The van der Waals surface area contributed by atoms with Crippen molar-refractivity contribution in [2.24, 2.45) is 0 Å². The number of nitrogens with zero attached hydrogens (tertiary/aromatic N) is 2. The normalized spacial score (nSPS) is 15.0. The van der Waals surface area contributed by atoms with Crippen LogP contribution in [0.2, 0.25) is 0 Å². The summed E-state index contributed by atoms with van der Waals surface area (Å²) in [4.78, 5) is 30.4. The van der Waals surface area contributed by atoms with E-state index in [9.17, 15) is 9.59 Å². The van der Waals surface area contributed by atoms with Gasteiger partial charge in [-0.05, 0) is 61.4 Å². The number of aromatic nitrogens is 2. The van der Waals surface area contributed by atoms with Crippen molar-refractivity contribution in [1.29, 1.82) is 0 Å². The second-order valence-electron chi connectivity index (χ2n) is 7.63. The summed E-state index contributed by atoms with van der Waals surface area (Å²) in [6, 6.07) is 8.10. The fourth-order valence-electron chi connectivity index (χ4n) is 3.73. The van der Waals surface area contributed by atoms with E-state index in [4.69, 9.17) is 4.98 Å². The van der Waals surface area contributed by atoms with Crippen LogP contribution in [-0.4, -0.2) is 27.3 Å². The Balaban J connectivity index is 1.63. The first-order valence-corrected chi connectivity index (χ1v) is 11.9. The lowest BCUT2D eigenvalue weighted by atomic mass is 9.95. The Kier molecular flexibility index (Phi) is 6.06. The van der Waals surface area contributed by atoms with E-state index in [0.29, 0.717) is 15.4 Å². The number of amides is 1. The lowest BCUT2D eigenvalue weighted by Crippen LogP contribution is -2.37. The molecule has 0 unspecified atom stereocenters. The zero-order valence-corrected chi connectivity index (χ0v) is 18.4. The van der Waals surface area contributed by atoms with Gasteiger partial charge in [-0.15, -0.1) is 11.3 Å². The van der Waals surface area contributed by atoms with E-state index in [2.05, 4.69) is 5.32 Å². The highest BCUT2D eigenvalue weighted by Crippen LogP contribution is 2.25. The molecule has 4 rings (SSSR count). The van der Waals surface area contributed by atoms with Crippen LogP contribution in [0, 0.1) is 13.8 Å². The van der Waals surface area contributed by atoms with E-state index in [1.807, 2.05) is 43.5 Å². The zero-order chi connectivity index (χ0) is 20.4. The highest BCUT2D eigenvalue weighted by atomic mass is 32.2. The van der Waals surface area contributed by atoms with E-state index in [-0.39, 0.29) is 23.3 Å². The van der Waals surface area contributed by atoms with Gasteiger partial charge in [0.25, 0.3) is 5.56 Å². The van der Waals surface area contributed by atoms with Gasteiger partial charge in [0.05, 0.1) is 17.0 Å². The van der Waals surface area contributed by atoms with Gasteiger partial charge in [-0.3, -0.25) is 14.2 Å².